The summed E-state index contributed by atoms with van der Waals surface area (Å²) in [4.78, 5) is 0. The third-order valence-corrected chi connectivity index (χ3v) is 5.44. The number of benzene rings is 2. The molecule has 0 atom stereocenters. The van der Waals surface area contributed by atoms with Crippen LogP contribution in [0.3, 0.4) is 0 Å². The molecule has 0 radical (unpaired) electrons. The van der Waals surface area contributed by atoms with E-state index in [1.165, 1.54) is 12.2 Å². The Morgan fingerprint density at radius 2 is 0.909 bits per heavy atom. The van der Waals surface area contributed by atoms with Gasteiger partial charge in [0.15, 0.2) is 11.5 Å². The molecular weight excluding hydrogens is 600 g/mol. The second-order valence-electron chi connectivity index (χ2n) is 6.09. The van der Waals surface area contributed by atoms with E-state index >= 15 is 0 Å². The van der Waals surface area contributed by atoms with Crippen LogP contribution >= 0.6 is 92.8 Å². The van der Waals surface area contributed by atoms with Gasteiger partial charge in [-0.1, -0.05) is 92.8 Å². The third kappa shape index (κ3) is 10.3. The number of ether oxygens (including phenoxy) is 4. The fraction of sp³-hybridized carbons (Fsp3) is 0.238. The van der Waals surface area contributed by atoms with E-state index in [0.717, 1.165) is 0 Å². The monoisotopic (exact) mass is 612 g/mol. The lowest BCUT2D eigenvalue weighted by Crippen LogP contribution is -2.06. The largest absolute Gasteiger partial charge is 0.490 e. The normalized spacial score (nSPS) is 10.4. The van der Waals surface area contributed by atoms with Gasteiger partial charge in [0.05, 0.1) is 33.3 Å². The van der Waals surface area contributed by atoms with Crippen molar-refractivity contribution < 1.29 is 18.9 Å². The molecule has 0 amide bonds. The zero-order chi connectivity index (χ0) is 24.4. The molecule has 0 heterocycles. The molecule has 2 aromatic rings. The summed E-state index contributed by atoms with van der Waals surface area (Å²) in [7, 11) is 0. The average molecular weight is 616 g/mol. The Bertz CT molecular complexity index is 876. The Hall–Kier alpha value is -0.560. The van der Waals surface area contributed by atoms with Crippen molar-refractivity contribution in [1.82, 2.24) is 0 Å². The van der Waals surface area contributed by atoms with Crippen molar-refractivity contribution in [2.24, 2.45) is 0 Å². The van der Waals surface area contributed by atoms with Crippen LogP contribution in [0.25, 0.3) is 0 Å². The zero-order valence-corrected chi connectivity index (χ0v) is 22.7. The summed E-state index contributed by atoms with van der Waals surface area (Å²) < 4.78 is 22.5. The smallest absolute Gasteiger partial charge is 0.156 e. The maximum atomic E-state index is 6.24. The Morgan fingerprint density at radius 1 is 0.576 bits per heavy atom. The Balaban J connectivity index is 1.84. The standard InChI is InChI=1S/C21H16Cl8O4/c22-14-8-12(30-6-2-18(26)27)9-15(23)20(14)32-4-1-5-33-21-16(24)10-13(11-17(21)25)31-7-3-19(28)29/h2-3,8-11H,1,4-7H2. The predicted molar refractivity (Wildman–Crippen MR) is 139 cm³/mol. The Morgan fingerprint density at radius 3 is 1.21 bits per heavy atom. The summed E-state index contributed by atoms with van der Waals surface area (Å²) in [5.74, 6) is 1.57. The lowest BCUT2D eigenvalue weighted by atomic mass is 10.3. The molecule has 2 rings (SSSR count). The average Bonchev–Trinajstić information content (AvgIpc) is 2.70. The molecule has 0 aliphatic heterocycles. The van der Waals surface area contributed by atoms with Crippen molar-refractivity contribution in [3.05, 3.63) is 65.5 Å². The van der Waals surface area contributed by atoms with Gasteiger partial charge in [-0.15, -0.1) is 0 Å². The van der Waals surface area contributed by atoms with Crippen LogP contribution in [0.15, 0.2) is 45.4 Å². The van der Waals surface area contributed by atoms with Crippen LogP contribution in [0.1, 0.15) is 6.42 Å². The fourth-order valence-electron chi connectivity index (χ4n) is 2.32. The number of hydrogen-bond donors (Lipinski definition) is 0. The van der Waals surface area contributed by atoms with E-state index in [1.807, 2.05) is 0 Å². The van der Waals surface area contributed by atoms with Gasteiger partial charge in [-0.2, -0.15) is 0 Å². The topological polar surface area (TPSA) is 36.9 Å². The first-order chi connectivity index (χ1) is 15.7. The summed E-state index contributed by atoms with van der Waals surface area (Å²) >= 11 is 47.1. The first-order valence-corrected chi connectivity index (χ1v) is 12.2. The lowest BCUT2D eigenvalue weighted by molar-refractivity contribution is 0.247. The molecule has 33 heavy (non-hydrogen) atoms. The van der Waals surface area contributed by atoms with E-state index in [9.17, 15) is 0 Å². The maximum Gasteiger partial charge on any atom is 0.156 e. The molecule has 0 aliphatic carbocycles. The maximum absolute atomic E-state index is 6.24. The van der Waals surface area contributed by atoms with E-state index in [4.69, 9.17) is 112 Å². The molecule has 180 valence electrons. The lowest BCUT2D eigenvalue weighted by Gasteiger charge is -2.14. The first kappa shape index (κ1) is 28.7. The van der Waals surface area contributed by atoms with Crippen molar-refractivity contribution in [2.75, 3.05) is 26.4 Å². The van der Waals surface area contributed by atoms with Crippen molar-refractivity contribution in [2.45, 2.75) is 6.42 Å². The molecule has 4 nitrogen and oxygen atoms in total. The van der Waals surface area contributed by atoms with Crippen LogP contribution in [0, 0.1) is 0 Å². The van der Waals surface area contributed by atoms with Crippen LogP contribution < -0.4 is 18.9 Å². The Labute approximate surface area is 231 Å². The molecule has 0 saturated carbocycles. The van der Waals surface area contributed by atoms with Crippen molar-refractivity contribution >= 4 is 92.8 Å². The molecule has 2 aromatic carbocycles. The summed E-state index contributed by atoms with van der Waals surface area (Å²) in [5, 5.41) is 1.19. The SMILES string of the molecule is ClC(Cl)=CCOc1cc(Cl)c(OCCCOc2c(Cl)cc(OCC=C(Cl)Cl)cc2Cl)c(Cl)c1. The molecule has 0 unspecified atom stereocenters. The highest BCUT2D eigenvalue weighted by molar-refractivity contribution is 6.56. The summed E-state index contributed by atoms with van der Waals surface area (Å²) in [6.45, 7) is 0.908. The second kappa shape index (κ2) is 14.8. The molecule has 0 spiro atoms. The third-order valence-electron chi connectivity index (χ3n) is 3.70. The molecule has 0 fully saturated rings. The van der Waals surface area contributed by atoms with Crippen molar-refractivity contribution in [3.8, 4) is 23.0 Å². The van der Waals surface area contributed by atoms with E-state index in [-0.39, 0.29) is 35.4 Å². The van der Waals surface area contributed by atoms with Gasteiger partial charge in [0.1, 0.15) is 33.7 Å². The number of rotatable bonds is 12. The zero-order valence-electron chi connectivity index (χ0n) is 16.7. The van der Waals surface area contributed by atoms with Gasteiger partial charge in [0.2, 0.25) is 0 Å². The van der Waals surface area contributed by atoms with Crippen molar-refractivity contribution in [1.29, 1.82) is 0 Å². The second-order valence-corrected chi connectivity index (χ2v) is 9.74. The minimum absolute atomic E-state index is 0.103. The van der Waals surface area contributed by atoms with Gasteiger partial charge in [0, 0.05) is 30.7 Å². The quantitative estimate of drug-likeness (QED) is 0.223. The van der Waals surface area contributed by atoms with E-state index < -0.39 is 0 Å². The molecule has 0 aliphatic rings. The minimum atomic E-state index is 0.103. The van der Waals surface area contributed by atoms with Crippen LogP contribution in [0.2, 0.25) is 20.1 Å². The first-order valence-electron chi connectivity index (χ1n) is 9.19. The highest BCUT2D eigenvalue weighted by Crippen LogP contribution is 2.38. The molecule has 0 N–H and O–H groups in total. The van der Waals surface area contributed by atoms with Gasteiger partial charge in [-0.3, -0.25) is 0 Å². The molecule has 0 saturated heterocycles. The summed E-state index contributed by atoms with van der Waals surface area (Å²) in [6.07, 6.45) is 3.49. The summed E-state index contributed by atoms with van der Waals surface area (Å²) in [5.41, 5.74) is 0. The fourth-order valence-corrected chi connectivity index (χ4v) is 3.73. The number of halogens is 8. The van der Waals surface area contributed by atoms with Gasteiger partial charge in [-0.05, 0) is 12.2 Å². The summed E-state index contributed by atoms with van der Waals surface area (Å²) in [6, 6.07) is 6.31. The van der Waals surface area contributed by atoms with Gasteiger partial charge >= 0.3 is 0 Å². The predicted octanol–water partition coefficient (Wildman–Crippen LogP) is 9.54. The molecule has 0 aromatic heterocycles. The molecule has 0 bridgehead atoms. The molecule has 12 heteroatoms. The van der Waals surface area contributed by atoms with Gasteiger partial charge in [0.25, 0.3) is 0 Å². The van der Waals surface area contributed by atoms with Crippen molar-refractivity contribution in [3.63, 3.8) is 0 Å². The highest BCUT2D eigenvalue weighted by Gasteiger charge is 2.13. The van der Waals surface area contributed by atoms with E-state index in [1.54, 1.807) is 24.3 Å². The van der Waals surface area contributed by atoms with Crippen LogP contribution in [-0.4, -0.2) is 26.4 Å². The number of hydrogen-bond acceptors (Lipinski definition) is 4. The molecular formula is C21H16Cl8O4. The minimum Gasteiger partial charge on any atom is -0.490 e. The Kier molecular flexibility index (Phi) is 12.8. The van der Waals surface area contributed by atoms with E-state index in [0.29, 0.717) is 49.5 Å². The highest BCUT2D eigenvalue weighted by atomic mass is 35.5. The van der Waals surface area contributed by atoms with Crippen LogP contribution in [0.4, 0.5) is 0 Å². The van der Waals surface area contributed by atoms with E-state index in [2.05, 4.69) is 0 Å². The van der Waals surface area contributed by atoms with Gasteiger partial charge < -0.3 is 18.9 Å². The van der Waals surface area contributed by atoms with Crippen LogP contribution in [-0.2, 0) is 0 Å². The van der Waals surface area contributed by atoms with Crippen LogP contribution in [0.5, 0.6) is 23.0 Å². The van der Waals surface area contributed by atoms with Gasteiger partial charge in [-0.25, -0.2) is 0 Å².